The van der Waals surface area contributed by atoms with Crippen LogP contribution in [0.5, 0.6) is 0 Å². The van der Waals surface area contributed by atoms with Crippen LogP contribution in [0.15, 0.2) is 30.5 Å². The molecule has 0 radical (unpaired) electrons. The van der Waals surface area contributed by atoms with Gasteiger partial charge in [-0.05, 0) is 30.7 Å². The lowest BCUT2D eigenvalue weighted by Gasteiger charge is -2.08. The van der Waals surface area contributed by atoms with Gasteiger partial charge in [-0.15, -0.1) is 5.10 Å². The molecule has 2 heterocycles. The number of nitrogens with zero attached hydrogens (tertiary/aromatic N) is 3. The first-order valence-electron chi connectivity index (χ1n) is 6.20. The van der Waals surface area contributed by atoms with E-state index >= 15 is 0 Å². The Labute approximate surface area is 121 Å². The third-order valence-electron chi connectivity index (χ3n) is 2.43. The molecule has 0 fully saturated rings. The van der Waals surface area contributed by atoms with Crippen LogP contribution in [-0.4, -0.2) is 27.6 Å². The van der Waals surface area contributed by atoms with Crippen LogP contribution >= 0.6 is 11.6 Å². The van der Waals surface area contributed by atoms with E-state index < -0.39 is 5.91 Å². The average Bonchev–Trinajstić information content (AvgIpc) is 2.47. The van der Waals surface area contributed by atoms with Crippen LogP contribution in [0.4, 0.5) is 11.6 Å². The quantitative estimate of drug-likeness (QED) is 0.885. The van der Waals surface area contributed by atoms with Gasteiger partial charge in [-0.1, -0.05) is 18.5 Å². The van der Waals surface area contributed by atoms with Crippen LogP contribution in [0.2, 0.25) is 5.02 Å². The van der Waals surface area contributed by atoms with E-state index in [1.165, 1.54) is 6.20 Å². The van der Waals surface area contributed by atoms with Crippen LogP contribution in [-0.2, 0) is 0 Å². The van der Waals surface area contributed by atoms with Gasteiger partial charge in [-0.3, -0.25) is 4.79 Å². The Morgan fingerprint density at radius 3 is 2.85 bits per heavy atom. The van der Waals surface area contributed by atoms with Gasteiger partial charge >= 0.3 is 0 Å². The number of anilines is 2. The fraction of sp³-hybridized carbons (Fsp3) is 0.231. The van der Waals surface area contributed by atoms with E-state index in [2.05, 4.69) is 25.8 Å². The summed E-state index contributed by atoms with van der Waals surface area (Å²) in [6.45, 7) is 2.82. The molecule has 0 aliphatic rings. The van der Waals surface area contributed by atoms with E-state index in [0.29, 0.717) is 11.6 Å². The van der Waals surface area contributed by atoms with Crippen molar-refractivity contribution < 1.29 is 4.79 Å². The number of hydrogen-bond acceptors (Lipinski definition) is 5. The third-order valence-corrected chi connectivity index (χ3v) is 2.74. The van der Waals surface area contributed by atoms with E-state index in [1.807, 2.05) is 6.92 Å². The molecular formula is C13H14ClN5O. The topological polar surface area (TPSA) is 79.8 Å². The van der Waals surface area contributed by atoms with Gasteiger partial charge in [0, 0.05) is 12.7 Å². The molecule has 0 saturated heterocycles. The number of carbonyl (C=O) groups excluding carboxylic acids is 1. The predicted molar refractivity (Wildman–Crippen MR) is 78.0 cm³/mol. The van der Waals surface area contributed by atoms with Crippen molar-refractivity contribution in [2.45, 2.75) is 13.3 Å². The molecule has 7 heteroatoms. The summed E-state index contributed by atoms with van der Waals surface area (Å²) >= 11 is 6.00. The van der Waals surface area contributed by atoms with Crippen molar-refractivity contribution in [3.05, 3.63) is 41.2 Å². The van der Waals surface area contributed by atoms with Crippen LogP contribution in [0.25, 0.3) is 0 Å². The van der Waals surface area contributed by atoms with Crippen molar-refractivity contribution in [1.82, 2.24) is 15.2 Å². The Morgan fingerprint density at radius 2 is 2.15 bits per heavy atom. The number of hydrogen-bond donors (Lipinski definition) is 2. The molecule has 6 nitrogen and oxygen atoms in total. The van der Waals surface area contributed by atoms with Gasteiger partial charge in [-0.25, -0.2) is 4.98 Å². The Balaban J connectivity index is 2.16. The van der Waals surface area contributed by atoms with Gasteiger partial charge in [-0.2, -0.15) is 5.10 Å². The summed E-state index contributed by atoms with van der Waals surface area (Å²) in [5.41, 5.74) is 0.151. The highest BCUT2D eigenvalue weighted by Gasteiger charge is 2.14. The molecule has 2 aromatic heterocycles. The second-order valence-electron chi connectivity index (χ2n) is 4.02. The molecule has 0 bridgehead atoms. The maximum atomic E-state index is 12.1. The molecule has 0 spiro atoms. The monoisotopic (exact) mass is 291 g/mol. The second-order valence-corrected chi connectivity index (χ2v) is 4.42. The van der Waals surface area contributed by atoms with Crippen LogP contribution < -0.4 is 10.6 Å². The SMILES string of the molecule is CCCNc1ccc(Cl)c(C(=O)Nc2cccnn2)n1. The zero-order chi connectivity index (χ0) is 14.4. The Bertz CT molecular complexity index is 591. The molecular weight excluding hydrogens is 278 g/mol. The molecule has 0 aromatic carbocycles. The van der Waals surface area contributed by atoms with E-state index in [1.54, 1.807) is 24.3 Å². The summed E-state index contributed by atoms with van der Waals surface area (Å²) in [7, 11) is 0. The number of carbonyl (C=O) groups is 1. The normalized spacial score (nSPS) is 10.1. The van der Waals surface area contributed by atoms with Crippen molar-refractivity contribution in [2.24, 2.45) is 0 Å². The van der Waals surface area contributed by atoms with E-state index in [-0.39, 0.29) is 10.7 Å². The largest absolute Gasteiger partial charge is 0.370 e. The lowest BCUT2D eigenvalue weighted by molar-refractivity contribution is 0.102. The zero-order valence-corrected chi connectivity index (χ0v) is 11.7. The number of rotatable bonds is 5. The van der Waals surface area contributed by atoms with Crippen molar-refractivity contribution >= 4 is 29.1 Å². The first kappa shape index (κ1) is 14.2. The molecule has 104 valence electrons. The number of pyridine rings is 1. The summed E-state index contributed by atoms with van der Waals surface area (Å²) in [5, 5.41) is 13.4. The van der Waals surface area contributed by atoms with Gasteiger partial charge < -0.3 is 10.6 Å². The van der Waals surface area contributed by atoms with Gasteiger partial charge in [0.1, 0.15) is 11.5 Å². The van der Waals surface area contributed by atoms with E-state index in [0.717, 1.165) is 13.0 Å². The lowest BCUT2D eigenvalue weighted by atomic mass is 10.3. The third kappa shape index (κ3) is 3.64. The summed E-state index contributed by atoms with van der Waals surface area (Å²) in [4.78, 5) is 16.3. The lowest BCUT2D eigenvalue weighted by Crippen LogP contribution is -2.16. The van der Waals surface area contributed by atoms with Crippen LogP contribution in [0.3, 0.4) is 0 Å². The summed E-state index contributed by atoms with van der Waals surface area (Å²) in [6.07, 6.45) is 2.49. The van der Waals surface area contributed by atoms with Gasteiger partial charge in [0.25, 0.3) is 5.91 Å². The fourth-order valence-electron chi connectivity index (χ4n) is 1.50. The Kier molecular flexibility index (Phi) is 4.84. The Morgan fingerprint density at radius 1 is 1.30 bits per heavy atom. The van der Waals surface area contributed by atoms with Gasteiger partial charge in [0.15, 0.2) is 5.82 Å². The molecule has 0 atom stereocenters. The van der Waals surface area contributed by atoms with Gasteiger partial charge in [0.2, 0.25) is 0 Å². The highest BCUT2D eigenvalue weighted by Crippen LogP contribution is 2.17. The summed E-state index contributed by atoms with van der Waals surface area (Å²) in [5.74, 6) is 0.540. The molecule has 2 N–H and O–H groups in total. The predicted octanol–water partition coefficient (Wildman–Crippen LogP) is 2.60. The van der Waals surface area contributed by atoms with Crippen molar-refractivity contribution in [1.29, 1.82) is 0 Å². The highest BCUT2D eigenvalue weighted by atomic mass is 35.5. The number of amides is 1. The minimum Gasteiger partial charge on any atom is -0.370 e. The average molecular weight is 292 g/mol. The molecule has 20 heavy (non-hydrogen) atoms. The first-order valence-corrected chi connectivity index (χ1v) is 6.58. The molecule has 2 rings (SSSR count). The van der Waals surface area contributed by atoms with E-state index in [4.69, 9.17) is 11.6 Å². The standard InChI is InChI=1S/C13H14ClN5O/c1-2-7-15-10-6-5-9(14)12(17-10)13(20)18-11-4-3-8-16-19-11/h3-6,8H,2,7H2,1H3,(H,15,17)(H,18,19,20). The summed E-state index contributed by atoms with van der Waals surface area (Å²) in [6, 6.07) is 6.68. The van der Waals surface area contributed by atoms with Crippen molar-refractivity contribution in [2.75, 3.05) is 17.2 Å². The van der Waals surface area contributed by atoms with Crippen molar-refractivity contribution in [3.63, 3.8) is 0 Å². The molecule has 0 unspecified atom stereocenters. The van der Waals surface area contributed by atoms with Crippen LogP contribution in [0.1, 0.15) is 23.8 Å². The van der Waals surface area contributed by atoms with Crippen molar-refractivity contribution in [3.8, 4) is 0 Å². The number of halogens is 1. The molecule has 2 aromatic rings. The fourth-order valence-corrected chi connectivity index (χ4v) is 1.69. The van der Waals surface area contributed by atoms with Gasteiger partial charge in [0.05, 0.1) is 5.02 Å². The molecule has 1 amide bonds. The molecule has 0 saturated carbocycles. The zero-order valence-electron chi connectivity index (χ0n) is 10.9. The Hall–Kier alpha value is -2.21. The van der Waals surface area contributed by atoms with Crippen LogP contribution in [0, 0.1) is 0 Å². The smallest absolute Gasteiger partial charge is 0.277 e. The highest BCUT2D eigenvalue weighted by molar-refractivity contribution is 6.34. The van der Waals surface area contributed by atoms with E-state index in [9.17, 15) is 4.79 Å². The minimum atomic E-state index is -0.421. The maximum absolute atomic E-state index is 12.1. The second kappa shape index (κ2) is 6.81. The summed E-state index contributed by atoms with van der Waals surface area (Å²) < 4.78 is 0. The molecule has 0 aliphatic carbocycles. The number of nitrogens with one attached hydrogen (secondary N) is 2. The first-order chi connectivity index (χ1) is 9.70. The maximum Gasteiger partial charge on any atom is 0.277 e. The number of aromatic nitrogens is 3. The molecule has 0 aliphatic heterocycles. The minimum absolute atomic E-state index is 0.151.